The maximum Gasteiger partial charge on any atom is 0.271 e. The van der Waals surface area contributed by atoms with E-state index in [1.807, 2.05) is 6.92 Å². The highest BCUT2D eigenvalue weighted by atomic mass is 16.1. The molecule has 3 heterocycles. The first kappa shape index (κ1) is 12.1. The van der Waals surface area contributed by atoms with Crippen molar-refractivity contribution in [1.29, 1.82) is 0 Å². The zero-order valence-electron chi connectivity index (χ0n) is 10.6. The van der Waals surface area contributed by atoms with Crippen molar-refractivity contribution in [3.05, 3.63) is 52.3 Å². The van der Waals surface area contributed by atoms with Gasteiger partial charge in [0.15, 0.2) is 12.1 Å². The average Bonchev–Trinajstić information content (AvgIpc) is 2.79. The number of aldehydes is 1. The number of fused-ring (bicyclic) bond motifs is 1. The Hall–Kier alpha value is -2.96. The lowest BCUT2D eigenvalue weighted by molar-refractivity contribution is 0.112. The fourth-order valence-corrected chi connectivity index (χ4v) is 2.04. The smallest absolute Gasteiger partial charge is 0.271 e. The molecule has 20 heavy (non-hydrogen) atoms. The summed E-state index contributed by atoms with van der Waals surface area (Å²) in [5.74, 6) is 0.474. The SMILES string of the molecule is Cc1c(C=O)cn2ncnc(Nc3ccc[nH]c3=O)c12. The summed E-state index contributed by atoms with van der Waals surface area (Å²) in [6, 6.07) is 3.36. The van der Waals surface area contributed by atoms with E-state index in [-0.39, 0.29) is 5.56 Å². The second-order valence-corrected chi connectivity index (χ2v) is 4.27. The van der Waals surface area contributed by atoms with Crippen LogP contribution in [0.5, 0.6) is 0 Å². The van der Waals surface area contributed by atoms with Gasteiger partial charge in [-0.05, 0) is 24.6 Å². The van der Waals surface area contributed by atoms with Gasteiger partial charge in [0, 0.05) is 18.0 Å². The molecule has 2 N–H and O–H groups in total. The van der Waals surface area contributed by atoms with Crippen molar-refractivity contribution in [3.8, 4) is 0 Å². The largest absolute Gasteiger partial charge is 0.334 e. The van der Waals surface area contributed by atoms with Crippen molar-refractivity contribution in [2.75, 3.05) is 5.32 Å². The lowest BCUT2D eigenvalue weighted by Crippen LogP contribution is -2.11. The number of hydrogen-bond donors (Lipinski definition) is 2. The number of nitrogens with zero attached hydrogens (tertiary/aromatic N) is 3. The van der Waals surface area contributed by atoms with Gasteiger partial charge < -0.3 is 10.3 Å². The molecule has 100 valence electrons. The van der Waals surface area contributed by atoms with Crippen molar-refractivity contribution < 1.29 is 4.79 Å². The Morgan fingerprint density at radius 3 is 3.05 bits per heavy atom. The molecule has 3 rings (SSSR count). The summed E-state index contributed by atoms with van der Waals surface area (Å²) in [5.41, 5.74) is 2.09. The Labute approximate surface area is 113 Å². The molecule has 0 aliphatic carbocycles. The highest BCUT2D eigenvalue weighted by Gasteiger charge is 2.12. The molecule has 0 radical (unpaired) electrons. The van der Waals surface area contributed by atoms with Gasteiger partial charge in [0.05, 0.1) is 0 Å². The van der Waals surface area contributed by atoms with Crippen LogP contribution >= 0.6 is 0 Å². The zero-order valence-corrected chi connectivity index (χ0v) is 10.6. The Balaban J connectivity index is 2.17. The number of nitrogens with one attached hydrogen (secondary N) is 2. The number of aromatic nitrogens is 4. The maximum atomic E-state index is 11.7. The van der Waals surface area contributed by atoms with Crippen molar-refractivity contribution in [3.63, 3.8) is 0 Å². The molecule has 0 saturated heterocycles. The molecule has 7 heteroatoms. The third-order valence-electron chi connectivity index (χ3n) is 3.06. The Kier molecular flexibility index (Phi) is 2.79. The summed E-state index contributed by atoms with van der Waals surface area (Å²) in [7, 11) is 0. The van der Waals surface area contributed by atoms with Crippen molar-refractivity contribution >= 4 is 23.3 Å². The predicted molar refractivity (Wildman–Crippen MR) is 73.5 cm³/mol. The highest BCUT2D eigenvalue weighted by molar-refractivity contribution is 5.86. The van der Waals surface area contributed by atoms with E-state index in [1.54, 1.807) is 29.0 Å². The molecule has 0 unspecified atom stereocenters. The standard InChI is InChI=1S/C13H11N5O2/c1-8-9(6-19)5-18-11(8)12(15-7-16-18)17-10-3-2-4-14-13(10)20/h2-7H,1H3,(H,14,20)(H,15,16,17). The summed E-state index contributed by atoms with van der Waals surface area (Å²) in [6.45, 7) is 1.81. The van der Waals surface area contributed by atoms with E-state index in [0.717, 1.165) is 11.8 Å². The molecule has 3 aromatic heterocycles. The summed E-state index contributed by atoms with van der Waals surface area (Å²) in [4.78, 5) is 29.4. The van der Waals surface area contributed by atoms with Crippen LogP contribution in [0.1, 0.15) is 15.9 Å². The second-order valence-electron chi connectivity index (χ2n) is 4.27. The van der Waals surface area contributed by atoms with Gasteiger partial charge in [-0.25, -0.2) is 9.50 Å². The van der Waals surface area contributed by atoms with Crippen LogP contribution in [-0.2, 0) is 0 Å². The van der Waals surface area contributed by atoms with Gasteiger partial charge in [-0.15, -0.1) is 0 Å². The van der Waals surface area contributed by atoms with Gasteiger partial charge in [-0.2, -0.15) is 5.10 Å². The highest BCUT2D eigenvalue weighted by Crippen LogP contribution is 2.23. The van der Waals surface area contributed by atoms with Gasteiger partial charge in [0.25, 0.3) is 5.56 Å². The first-order valence-corrected chi connectivity index (χ1v) is 5.93. The van der Waals surface area contributed by atoms with Gasteiger partial charge in [0.2, 0.25) is 0 Å². The minimum absolute atomic E-state index is 0.246. The Bertz CT molecular complexity index is 849. The normalized spacial score (nSPS) is 10.7. The minimum atomic E-state index is -0.246. The zero-order chi connectivity index (χ0) is 14.1. The summed E-state index contributed by atoms with van der Waals surface area (Å²) in [5, 5.41) is 7.02. The third-order valence-corrected chi connectivity index (χ3v) is 3.06. The maximum absolute atomic E-state index is 11.7. The Morgan fingerprint density at radius 2 is 2.30 bits per heavy atom. The summed E-state index contributed by atoms with van der Waals surface area (Å²) in [6.07, 6.45) is 5.31. The van der Waals surface area contributed by atoms with Gasteiger partial charge in [-0.3, -0.25) is 9.59 Å². The molecule has 7 nitrogen and oxygen atoms in total. The fourth-order valence-electron chi connectivity index (χ4n) is 2.04. The van der Waals surface area contributed by atoms with Crippen LogP contribution < -0.4 is 10.9 Å². The lowest BCUT2D eigenvalue weighted by Gasteiger charge is -2.06. The number of anilines is 2. The summed E-state index contributed by atoms with van der Waals surface area (Å²) >= 11 is 0. The topological polar surface area (TPSA) is 92.2 Å². The predicted octanol–water partition coefficient (Wildman–Crippen LogP) is 1.28. The van der Waals surface area contributed by atoms with E-state index in [2.05, 4.69) is 20.4 Å². The molecule has 0 aliphatic heterocycles. The van der Waals surface area contributed by atoms with Crippen LogP contribution in [-0.4, -0.2) is 25.9 Å². The number of pyridine rings is 1. The molecule has 0 atom stereocenters. The fraction of sp³-hybridized carbons (Fsp3) is 0.0769. The van der Waals surface area contributed by atoms with E-state index >= 15 is 0 Å². The molecule has 0 bridgehead atoms. The first-order chi connectivity index (χ1) is 9.70. The number of hydrogen-bond acceptors (Lipinski definition) is 5. The van der Waals surface area contributed by atoms with Crippen LogP contribution in [0.4, 0.5) is 11.5 Å². The van der Waals surface area contributed by atoms with Crippen molar-refractivity contribution in [2.45, 2.75) is 6.92 Å². The molecule has 0 fully saturated rings. The molecule has 0 saturated carbocycles. The molecular formula is C13H11N5O2. The lowest BCUT2D eigenvalue weighted by atomic mass is 10.2. The first-order valence-electron chi connectivity index (χ1n) is 5.93. The van der Waals surface area contributed by atoms with Gasteiger partial charge in [0.1, 0.15) is 17.5 Å². The van der Waals surface area contributed by atoms with E-state index in [9.17, 15) is 9.59 Å². The van der Waals surface area contributed by atoms with Crippen LogP contribution in [0.3, 0.4) is 0 Å². The molecule has 0 spiro atoms. The minimum Gasteiger partial charge on any atom is -0.334 e. The van der Waals surface area contributed by atoms with Crippen LogP contribution in [0, 0.1) is 6.92 Å². The quantitative estimate of drug-likeness (QED) is 0.699. The number of rotatable bonds is 3. The van der Waals surface area contributed by atoms with Gasteiger partial charge in [-0.1, -0.05) is 0 Å². The molecular weight excluding hydrogens is 258 g/mol. The number of carbonyl (C=O) groups excluding carboxylic acids is 1. The monoisotopic (exact) mass is 269 g/mol. The second kappa shape index (κ2) is 4.61. The van der Waals surface area contributed by atoms with Crippen molar-refractivity contribution in [2.24, 2.45) is 0 Å². The summed E-state index contributed by atoms with van der Waals surface area (Å²) < 4.78 is 1.56. The van der Waals surface area contributed by atoms with E-state index < -0.39 is 0 Å². The third kappa shape index (κ3) is 1.85. The number of H-pyrrole nitrogens is 1. The molecule has 0 amide bonds. The number of aryl methyl sites for hydroxylation is 1. The molecule has 3 aromatic rings. The van der Waals surface area contributed by atoms with E-state index in [0.29, 0.717) is 22.6 Å². The van der Waals surface area contributed by atoms with Crippen molar-refractivity contribution in [1.82, 2.24) is 19.6 Å². The van der Waals surface area contributed by atoms with Crippen LogP contribution in [0.25, 0.3) is 5.52 Å². The van der Waals surface area contributed by atoms with Crippen LogP contribution in [0.15, 0.2) is 35.6 Å². The molecule has 0 aromatic carbocycles. The van der Waals surface area contributed by atoms with E-state index in [4.69, 9.17) is 0 Å². The number of aromatic amines is 1. The average molecular weight is 269 g/mol. The van der Waals surface area contributed by atoms with Gasteiger partial charge >= 0.3 is 0 Å². The molecule has 0 aliphatic rings. The number of carbonyl (C=O) groups is 1. The van der Waals surface area contributed by atoms with Crippen LogP contribution in [0.2, 0.25) is 0 Å². The Morgan fingerprint density at radius 1 is 1.45 bits per heavy atom. The van der Waals surface area contributed by atoms with E-state index in [1.165, 1.54) is 6.33 Å².